The highest BCUT2D eigenvalue weighted by Crippen LogP contribution is 2.20. The van der Waals surface area contributed by atoms with Crippen LogP contribution in [0.5, 0.6) is 0 Å². The lowest BCUT2D eigenvalue weighted by Gasteiger charge is -2.01. The molecule has 19 heavy (non-hydrogen) atoms. The van der Waals surface area contributed by atoms with Crippen LogP contribution < -0.4 is 5.73 Å². The van der Waals surface area contributed by atoms with Gasteiger partial charge < -0.3 is 5.73 Å². The predicted molar refractivity (Wildman–Crippen MR) is 74.9 cm³/mol. The van der Waals surface area contributed by atoms with E-state index in [1.54, 1.807) is 0 Å². The minimum absolute atomic E-state index is 0.606. The van der Waals surface area contributed by atoms with Crippen LogP contribution in [0.3, 0.4) is 0 Å². The van der Waals surface area contributed by atoms with Crippen LogP contribution in [0.25, 0.3) is 17.2 Å². The fraction of sp³-hybridized carbons (Fsp3) is 0.286. The summed E-state index contributed by atoms with van der Waals surface area (Å²) in [5, 5.41) is 4.60. The van der Waals surface area contributed by atoms with Gasteiger partial charge in [0, 0.05) is 19.0 Å². The second-order valence-corrected chi connectivity index (χ2v) is 4.77. The van der Waals surface area contributed by atoms with Crippen molar-refractivity contribution in [3.05, 3.63) is 41.7 Å². The van der Waals surface area contributed by atoms with Crippen molar-refractivity contribution in [2.45, 2.75) is 13.3 Å². The Morgan fingerprint density at radius 1 is 1.32 bits per heavy atom. The number of hydrogen-bond acceptors (Lipinski definition) is 3. The van der Waals surface area contributed by atoms with E-state index in [0.29, 0.717) is 6.54 Å². The molecule has 0 unspecified atom stereocenters. The molecule has 0 atom stereocenters. The van der Waals surface area contributed by atoms with Crippen LogP contribution in [0.2, 0.25) is 0 Å². The smallest absolute Gasteiger partial charge is 0.232 e. The predicted octanol–water partition coefficient (Wildman–Crippen LogP) is 1.54. The summed E-state index contributed by atoms with van der Waals surface area (Å²) in [6.07, 6.45) is 2.73. The van der Waals surface area contributed by atoms with Gasteiger partial charge in [-0.3, -0.25) is 4.57 Å². The van der Waals surface area contributed by atoms with E-state index in [9.17, 15) is 0 Å². The first-order chi connectivity index (χ1) is 9.19. The number of benzene rings is 1. The summed E-state index contributed by atoms with van der Waals surface area (Å²) in [4.78, 5) is 4.55. The first kappa shape index (κ1) is 11.9. The Morgan fingerprint density at radius 2 is 2.16 bits per heavy atom. The summed E-state index contributed by atoms with van der Waals surface area (Å²) in [5.74, 6) is 1.77. The molecule has 3 rings (SSSR count). The summed E-state index contributed by atoms with van der Waals surface area (Å²) >= 11 is 0. The average Bonchev–Trinajstić information content (AvgIpc) is 2.90. The van der Waals surface area contributed by atoms with E-state index in [2.05, 4.69) is 35.2 Å². The van der Waals surface area contributed by atoms with Gasteiger partial charge in [0.15, 0.2) is 5.82 Å². The van der Waals surface area contributed by atoms with Crippen LogP contribution in [-0.4, -0.2) is 25.7 Å². The van der Waals surface area contributed by atoms with Gasteiger partial charge >= 0.3 is 0 Å². The van der Waals surface area contributed by atoms with Crippen molar-refractivity contribution < 1.29 is 0 Å². The van der Waals surface area contributed by atoms with Crippen LogP contribution in [-0.2, 0) is 13.5 Å². The van der Waals surface area contributed by atoms with E-state index in [1.807, 2.05) is 28.4 Å². The Labute approximate surface area is 111 Å². The summed E-state index contributed by atoms with van der Waals surface area (Å²) in [7, 11) is 1.99. The van der Waals surface area contributed by atoms with Crippen LogP contribution >= 0.6 is 0 Å². The Kier molecular flexibility index (Phi) is 2.83. The monoisotopic (exact) mass is 255 g/mol. The largest absolute Gasteiger partial charge is 0.330 e. The standard InChI is InChI=1S/C14H17N5/c1-10-4-3-5-11(8-10)13-17-19-9-12(6-7-15)16-14(19)18(13)2/h3-5,8-9H,6-7,15H2,1-2H3. The molecule has 0 bridgehead atoms. The van der Waals surface area contributed by atoms with Gasteiger partial charge in [0.1, 0.15) is 0 Å². The summed E-state index contributed by atoms with van der Waals surface area (Å²) < 4.78 is 3.83. The molecule has 0 radical (unpaired) electrons. The van der Waals surface area contributed by atoms with Crippen molar-refractivity contribution in [2.24, 2.45) is 12.8 Å². The van der Waals surface area contributed by atoms with Gasteiger partial charge in [0.2, 0.25) is 5.78 Å². The molecule has 3 aromatic rings. The third kappa shape index (κ3) is 2.02. The number of fused-ring (bicyclic) bond motifs is 1. The van der Waals surface area contributed by atoms with Crippen molar-refractivity contribution >= 4 is 5.78 Å². The Bertz CT molecular complexity index is 723. The van der Waals surface area contributed by atoms with Crippen LogP contribution in [0.4, 0.5) is 0 Å². The maximum absolute atomic E-state index is 5.55. The van der Waals surface area contributed by atoms with Crippen LogP contribution in [0.15, 0.2) is 30.5 Å². The van der Waals surface area contributed by atoms with Gasteiger partial charge in [-0.25, -0.2) is 9.50 Å². The number of imidazole rings is 1. The number of aromatic nitrogens is 4. The van der Waals surface area contributed by atoms with Crippen molar-refractivity contribution in [1.29, 1.82) is 0 Å². The van der Waals surface area contributed by atoms with E-state index in [4.69, 9.17) is 5.73 Å². The highest BCUT2D eigenvalue weighted by atomic mass is 15.4. The van der Waals surface area contributed by atoms with E-state index in [1.165, 1.54) is 5.56 Å². The van der Waals surface area contributed by atoms with E-state index >= 15 is 0 Å². The summed E-state index contributed by atoms with van der Waals surface area (Å²) in [6.45, 7) is 2.69. The van der Waals surface area contributed by atoms with Gasteiger partial charge in [-0.15, -0.1) is 5.10 Å². The second kappa shape index (κ2) is 4.51. The third-order valence-corrected chi connectivity index (χ3v) is 3.22. The fourth-order valence-corrected chi connectivity index (χ4v) is 2.28. The summed E-state index contributed by atoms with van der Waals surface area (Å²) in [5.41, 5.74) is 8.86. The van der Waals surface area contributed by atoms with Crippen molar-refractivity contribution in [3.63, 3.8) is 0 Å². The molecule has 5 nitrogen and oxygen atoms in total. The lowest BCUT2D eigenvalue weighted by Crippen LogP contribution is -2.03. The van der Waals surface area contributed by atoms with Crippen LogP contribution in [0, 0.1) is 6.92 Å². The fourth-order valence-electron chi connectivity index (χ4n) is 2.28. The van der Waals surface area contributed by atoms with E-state index in [0.717, 1.165) is 29.3 Å². The average molecular weight is 255 g/mol. The highest BCUT2D eigenvalue weighted by Gasteiger charge is 2.12. The molecular formula is C14H17N5. The number of hydrogen-bond donors (Lipinski definition) is 1. The Morgan fingerprint density at radius 3 is 2.84 bits per heavy atom. The normalized spacial score (nSPS) is 11.3. The van der Waals surface area contributed by atoms with Gasteiger partial charge in [-0.05, 0) is 19.5 Å². The first-order valence-corrected chi connectivity index (χ1v) is 6.37. The van der Waals surface area contributed by atoms with Crippen LogP contribution in [0.1, 0.15) is 11.3 Å². The van der Waals surface area contributed by atoms with Crippen molar-refractivity contribution in [3.8, 4) is 11.4 Å². The van der Waals surface area contributed by atoms with Crippen molar-refractivity contribution in [2.75, 3.05) is 6.54 Å². The molecule has 98 valence electrons. The molecule has 0 amide bonds. The zero-order valence-corrected chi connectivity index (χ0v) is 11.2. The minimum Gasteiger partial charge on any atom is -0.330 e. The zero-order valence-electron chi connectivity index (χ0n) is 11.2. The quantitative estimate of drug-likeness (QED) is 0.772. The number of nitrogens with zero attached hydrogens (tertiary/aromatic N) is 4. The van der Waals surface area contributed by atoms with Gasteiger partial charge in [0.25, 0.3) is 0 Å². The molecule has 5 heteroatoms. The molecule has 2 heterocycles. The Balaban J connectivity index is 2.10. The molecule has 0 fully saturated rings. The molecule has 2 N–H and O–H groups in total. The molecule has 2 aromatic heterocycles. The number of nitrogens with two attached hydrogens (primary N) is 1. The third-order valence-electron chi connectivity index (χ3n) is 3.22. The van der Waals surface area contributed by atoms with Gasteiger partial charge in [0.05, 0.1) is 11.9 Å². The molecule has 0 saturated carbocycles. The number of rotatable bonds is 3. The maximum atomic E-state index is 5.55. The zero-order chi connectivity index (χ0) is 13.4. The Hall–Kier alpha value is -2.14. The number of aryl methyl sites for hydroxylation is 2. The molecular weight excluding hydrogens is 238 g/mol. The van der Waals surface area contributed by atoms with Gasteiger partial charge in [-0.1, -0.05) is 23.8 Å². The SMILES string of the molecule is Cc1cccc(-c2nn3cc(CCN)nc3n2C)c1. The summed E-state index contributed by atoms with van der Waals surface area (Å²) in [6, 6.07) is 8.32. The van der Waals surface area contributed by atoms with Gasteiger partial charge in [-0.2, -0.15) is 0 Å². The maximum Gasteiger partial charge on any atom is 0.232 e. The molecule has 0 aliphatic heterocycles. The van der Waals surface area contributed by atoms with E-state index < -0.39 is 0 Å². The topological polar surface area (TPSA) is 61.1 Å². The molecule has 1 aromatic carbocycles. The molecule has 0 aliphatic rings. The minimum atomic E-state index is 0.606. The van der Waals surface area contributed by atoms with Crippen molar-refractivity contribution in [1.82, 2.24) is 19.2 Å². The molecule has 0 spiro atoms. The highest BCUT2D eigenvalue weighted by molar-refractivity contribution is 5.59. The van der Waals surface area contributed by atoms with E-state index in [-0.39, 0.29) is 0 Å². The lowest BCUT2D eigenvalue weighted by molar-refractivity contribution is 0.903. The molecule has 0 aliphatic carbocycles. The second-order valence-electron chi connectivity index (χ2n) is 4.77. The first-order valence-electron chi connectivity index (χ1n) is 6.37. The lowest BCUT2D eigenvalue weighted by atomic mass is 10.1. The molecule has 0 saturated heterocycles.